The quantitative estimate of drug-likeness (QED) is 0.450. The molecule has 0 saturated heterocycles. The van der Waals surface area contributed by atoms with Gasteiger partial charge in [-0.2, -0.15) is 0 Å². The summed E-state index contributed by atoms with van der Waals surface area (Å²) in [6.07, 6.45) is 0. The number of aromatic nitrogens is 1. The number of halogens is 4. The highest BCUT2D eigenvalue weighted by molar-refractivity contribution is 9.10. The van der Waals surface area contributed by atoms with Gasteiger partial charge in [0.2, 0.25) is 0 Å². The lowest BCUT2D eigenvalue weighted by molar-refractivity contribution is -0.00000523. The summed E-state index contributed by atoms with van der Waals surface area (Å²) in [6, 6.07) is 22.1. The van der Waals surface area contributed by atoms with Crippen molar-refractivity contribution in [1.82, 2.24) is 4.98 Å². The molecule has 0 aliphatic heterocycles. The predicted molar refractivity (Wildman–Crippen MR) is 105 cm³/mol. The molecule has 0 bridgehead atoms. The van der Waals surface area contributed by atoms with E-state index in [0.717, 1.165) is 32.2 Å². The summed E-state index contributed by atoms with van der Waals surface area (Å²) in [5.74, 6) is -0.267. The third-order valence-electron chi connectivity index (χ3n) is 4.07. The summed E-state index contributed by atoms with van der Waals surface area (Å²) in [7, 11) is 0. The third kappa shape index (κ3) is 3.61. The molecular weight excluding hydrogens is 436 g/mol. The van der Waals surface area contributed by atoms with E-state index in [9.17, 15) is 4.39 Å². The number of rotatable bonds is 2. The maximum absolute atomic E-state index is 14.4. The molecule has 0 aliphatic carbocycles. The minimum absolute atomic E-state index is 0. The van der Waals surface area contributed by atoms with E-state index in [4.69, 9.17) is 16.6 Å². The first-order valence-corrected chi connectivity index (χ1v) is 8.90. The van der Waals surface area contributed by atoms with Gasteiger partial charge in [-0.15, -0.1) is 0 Å². The van der Waals surface area contributed by atoms with Crippen molar-refractivity contribution in [2.24, 2.45) is 0 Å². The molecule has 5 heteroatoms. The van der Waals surface area contributed by atoms with Crippen LogP contribution in [0, 0.1) is 5.82 Å². The molecule has 0 unspecified atom stereocenters. The predicted octanol–water partition coefficient (Wildman–Crippen LogP) is 4.13. The molecule has 0 aliphatic rings. The Morgan fingerprint density at radius 1 is 0.846 bits per heavy atom. The number of benzene rings is 3. The van der Waals surface area contributed by atoms with Crippen LogP contribution in [0.25, 0.3) is 33.3 Å². The molecule has 26 heavy (non-hydrogen) atoms. The molecule has 0 amide bonds. The van der Waals surface area contributed by atoms with Gasteiger partial charge in [-0.3, -0.25) is 0 Å². The van der Waals surface area contributed by atoms with Gasteiger partial charge in [0.25, 0.3) is 0 Å². The van der Waals surface area contributed by atoms with Gasteiger partial charge in [-0.1, -0.05) is 57.9 Å². The Morgan fingerprint density at radius 2 is 1.58 bits per heavy atom. The maximum atomic E-state index is 14.4. The SMILES string of the molecule is Fc1ccccc1-c1cc(-c2ccc(Br)cc2)nc2ccc(Cl)cc12.[Cl-]. The van der Waals surface area contributed by atoms with E-state index in [-0.39, 0.29) is 18.2 Å². The van der Waals surface area contributed by atoms with Crippen LogP contribution in [0.4, 0.5) is 4.39 Å². The highest BCUT2D eigenvalue weighted by atomic mass is 79.9. The summed E-state index contributed by atoms with van der Waals surface area (Å²) >= 11 is 9.61. The number of hydrogen-bond acceptors (Lipinski definition) is 1. The van der Waals surface area contributed by atoms with Gasteiger partial charge in [0.05, 0.1) is 11.2 Å². The minimum Gasteiger partial charge on any atom is -1.00 e. The molecular formula is C21H12BrCl2FN-. The molecule has 4 rings (SSSR count). The molecule has 0 fully saturated rings. The zero-order valence-electron chi connectivity index (χ0n) is 13.4. The average Bonchev–Trinajstić information content (AvgIpc) is 2.62. The molecule has 0 radical (unpaired) electrons. The van der Waals surface area contributed by atoms with Gasteiger partial charge < -0.3 is 12.4 Å². The molecule has 0 N–H and O–H groups in total. The van der Waals surface area contributed by atoms with E-state index >= 15 is 0 Å². The van der Waals surface area contributed by atoms with E-state index in [1.807, 2.05) is 48.5 Å². The Bertz CT molecular complexity index is 1080. The molecule has 4 aromatic rings. The van der Waals surface area contributed by atoms with Gasteiger partial charge in [0, 0.05) is 26.0 Å². The Labute approximate surface area is 170 Å². The first kappa shape index (κ1) is 18.8. The third-order valence-corrected chi connectivity index (χ3v) is 4.84. The van der Waals surface area contributed by atoms with Crippen molar-refractivity contribution >= 4 is 38.4 Å². The zero-order chi connectivity index (χ0) is 17.4. The van der Waals surface area contributed by atoms with Crippen LogP contribution in [0.5, 0.6) is 0 Å². The number of hydrogen-bond donors (Lipinski definition) is 0. The Kier molecular flexibility index (Phi) is 5.61. The lowest BCUT2D eigenvalue weighted by Crippen LogP contribution is -3.00. The summed E-state index contributed by atoms with van der Waals surface area (Å²) in [5, 5.41) is 1.43. The van der Waals surface area contributed by atoms with Crippen molar-refractivity contribution in [3.05, 3.63) is 88.1 Å². The van der Waals surface area contributed by atoms with Crippen molar-refractivity contribution in [3.63, 3.8) is 0 Å². The number of fused-ring (bicyclic) bond motifs is 1. The fourth-order valence-electron chi connectivity index (χ4n) is 2.87. The van der Waals surface area contributed by atoms with Crippen LogP contribution in [0.1, 0.15) is 0 Å². The molecule has 0 spiro atoms. The highest BCUT2D eigenvalue weighted by Crippen LogP contribution is 2.34. The second kappa shape index (κ2) is 7.75. The van der Waals surface area contributed by atoms with Gasteiger partial charge in [0.15, 0.2) is 0 Å². The van der Waals surface area contributed by atoms with E-state index in [1.54, 1.807) is 18.2 Å². The zero-order valence-corrected chi connectivity index (χ0v) is 16.5. The highest BCUT2D eigenvalue weighted by Gasteiger charge is 2.13. The van der Waals surface area contributed by atoms with E-state index in [2.05, 4.69) is 15.9 Å². The van der Waals surface area contributed by atoms with Crippen LogP contribution in [0.3, 0.4) is 0 Å². The molecule has 1 aromatic heterocycles. The van der Waals surface area contributed by atoms with Crippen molar-refractivity contribution in [2.45, 2.75) is 0 Å². The number of nitrogens with zero attached hydrogens (tertiary/aromatic N) is 1. The Balaban J connectivity index is 0.00000196. The first-order valence-electron chi connectivity index (χ1n) is 7.73. The largest absolute Gasteiger partial charge is 1.00 e. The lowest BCUT2D eigenvalue weighted by Gasteiger charge is -2.11. The van der Waals surface area contributed by atoms with Crippen LogP contribution in [0.15, 0.2) is 77.3 Å². The van der Waals surface area contributed by atoms with Crippen molar-refractivity contribution in [3.8, 4) is 22.4 Å². The normalized spacial score (nSPS) is 10.6. The van der Waals surface area contributed by atoms with Crippen molar-refractivity contribution < 1.29 is 16.8 Å². The van der Waals surface area contributed by atoms with Gasteiger partial charge in [-0.05, 0) is 48.0 Å². The van der Waals surface area contributed by atoms with Gasteiger partial charge >= 0.3 is 0 Å². The van der Waals surface area contributed by atoms with Crippen LogP contribution in [-0.2, 0) is 0 Å². The fraction of sp³-hybridized carbons (Fsp3) is 0. The minimum atomic E-state index is -0.267. The smallest absolute Gasteiger partial charge is 0.131 e. The fourth-order valence-corrected chi connectivity index (χ4v) is 3.31. The van der Waals surface area contributed by atoms with E-state index in [0.29, 0.717) is 10.6 Å². The molecule has 0 atom stereocenters. The second-order valence-electron chi connectivity index (χ2n) is 5.70. The lowest BCUT2D eigenvalue weighted by atomic mass is 9.98. The van der Waals surface area contributed by atoms with Crippen LogP contribution < -0.4 is 12.4 Å². The molecule has 0 saturated carbocycles. The molecule has 130 valence electrons. The van der Waals surface area contributed by atoms with E-state index < -0.39 is 0 Å². The summed E-state index contributed by atoms with van der Waals surface area (Å²) in [6.45, 7) is 0. The average molecular weight is 448 g/mol. The monoisotopic (exact) mass is 446 g/mol. The van der Waals surface area contributed by atoms with Crippen LogP contribution in [0.2, 0.25) is 5.02 Å². The van der Waals surface area contributed by atoms with E-state index in [1.165, 1.54) is 6.07 Å². The van der Waals surface area contributed by atoms with Gasteiger partial charge in [0.1, 0.15) is 5.82 Å². The summed E-state index contributed by atoms with van der Waals surface area (Å²) in [4.78, 5) is 4.74. The van der Waals surface area contributed by atoms with Crippen molar-refractivity contribution in [2.75, 3.05) is 0 Å². The summed E-state index contributed by atoms with van der Waals surface area (Å²) in [5.41, 5.74) is 3.86. The van der Waals surface area contributed by atoms with Gasteiger partial charge in [-0.25, -0.2) is 9.37 Å². The second-order valence-corrected chi connectivity index (χ2v) is 7.06. The number of pyridine rings is 1. The van der Waals surface area contributed by atoms with Crippen molar-refractivity contribution in [1.29, 1.82) is 0 Å². The Morgan fingerprint density at radius 3 is 2.31 bits per heavy atom. The van der Waals surface area contributed by atoms with Crippen LogP contribution >= 0.6 is 27.5 Å². The molecule has 1 nitrogen and oxygen atoms in total. The van der Waals surface area contributed by atoms with Crippen LogP contribution in [-0.4, -0.2) is 4.98 Å². The topological polar surface area (TPSA) is 12.9 Å². The Hall–Kier alpha value is -1.94. The summed E-state index contributed by atoms with van der Waals surface area (Å²) < 4.78 is 15.4. The standard InChI is InChI=1S/C21H12BrClFN.ClH/c22-14-7-5-13(6-8-14)21-12-17(16-3-1-2-4-19(16)24)18-11-15(23)9-10-20(18)25-21;/h1-12H;1H/p-1. The molecule has 1 heterocycles. The first-order chi connectivity index (χ1) is 12.1. The molecule has 3 aromatic carbocycles. The maximum Gasteiger partial charge on any atom is 0.131 e.